The average molecular weight is 261 g/mol. The molecule has 98 valence electrons. The van der Waals surface area contributed by atoms with Gasteiger partial charge in [-0.25, -0.2) is 0 Å². The van der Waals surface area contributed by atoms with E-state index in [0.29, 0.717) is 6.07 Å². The Balaban J connectivity index is 2.62. The highest BCUT2D eigenvalue weighted by molar-refractivity contribution is 5.85. The third kappa shape index (κ3) is 2.05. The molecule has 8 heteroatoms. The topological polar surface area (TPSA) is 67.2 Å². The van der Waals surface area contributed by atoms with Crippen LogP contribution in [-0.2, 0) is 6.18 Å². The normalized spacial score (nSPS) is 16.7. The van der Waals surface area contributed by atoms with E-state index in [2.05, 4.69) is 10.6 Å². The molecule has 0 fully saturated rings. The first-order valence-corrected chi connectivity index (χ1v) is 5.06. The van der Waals surface area contributed by atoms with Crippen LogP contribution >= 0.6 is 0 Å². The molecule has 0 unspecified atom stereocenters. The largest absolute Gasteiger partial charge is 0.416 e. The maximum Gasteiger partial charge on any atom is 0.416 e. The summed E-state index contributed by atoms with van der Waals surface area (Å²) in [6, 6.07) is 1.40. The van der Waals surface area contributed by atoms with Crippen molar-refractivity contribution in [1.29, 1.82) is 0 Å². The number of nitro groups is 1. The Hall–Kier alpha value is -1.99. The summed E-state index contributed by atoms with van der Waals surface area (Å²) in [7, 11) is 0. The Kier molecular flexibility index (Phi) is 2.42. The Morgan fingerprint density at radius 2 is 1.89 bits per heavy atom. The Morgan fingerprint density at radius 3 is 2.39 bits per heavy atom. The number of nitrogens with zero attached hydrogens (tertiary/aromatic N) is 1. The number of hydrogen-bond acceptors (Lipinski definition) is 4. The molecule has 0 bridgehead atoms. The number of halogens is 3. The molecule has 0 atom stereocenters. The second kappa shape index (κ2) is 3.50. The number of nitro benzene ring substituents is 1. The first kappa shape index (κ1) is 12.5. The van der Waals surface area contributed by atoms with E-state index in [1.807, 2.05) is 0 Å². The van der Waals surface area contributed by atoms with Gasteiger partial charge >= 0.3 is 6.18 Å². The lowest BCUT2D eigenvalue weighted by molar-refractivity contribution is -0.384. The van der Waals surface area contributed by atoms with Gasteiger partial charge in [0.2, 0.25) is 0 Å². The van der Waals surface area contributed by atoms with Crippen molar-refractivity contribution in [3.63, 3.8) is 0 Å². The molecule has 0 aliphatic carbocycles. The lowest BCUT2D eigenvalue weighted by Crippen LogP contribution is -2.33. The molecule has 0 saturated carbocycles. The lowest BCUT2D eigenvalue weighted by Gasteiger charge is -2.19. The second-order valence-electron chi connectivity index (χ2n) is 4.55. The molecule has 1 aromatic carbocycles. The number of anilines is 2. The van der Waals surface area contributed by atoms with Crippen molar-refractivity contribution < 1.29 is 18.1 Å². The molecule has 0 aromatic heterocycles. The van der Waals surface area contributed by atoms with E-state index in [-0.39, 0.29) is 11.4 Å². The van der Waals surface area contributed by atoms with Crippen LogP contribution in [0.25, 0.3) is 0 Å². The van der Waals surface area contributed by atoms with E-state index in [9.17, 15) is 23.3 Å². The van der Waals surface area contributed by atoms with E-state index in [1.165, 1.54) is 0 Å². The van der Waals surface area contributed by atoms with Crippen molar-refractivity contribution in [1.82, 2.24) is 0 Å². The van der Waals surface area contributed by atoms with Crippen molar-refractivity contribution in [2.75, 3.05) is 10.6 Å². The van der Waals surface area contributed by atoms with Gasteiger partial charge in [-0.05, 0) is 19.9 Å². The molecule has 0 saturated heterocycles. The number of benzene rings is 1. The zero-order valence-corrected chi connectivity index (χ0v) is 9.55. The van der Waals surface area contributed by atoms with E-state index in [4.69, 9.17) is 0 Å². The highest BCUT2D eigenvalue weighted by Gasteiger charge is 2.38. The fourth-order valence-electron chi connectivity index (χ4n) is 1.84. The summed E-state index contributed by atoms with van der Waals surface area (Å²) in [4.78, 5) is 9.99. The minimum absolute atomic E-state index is 0.0815. The van der Waals surface area contributed by atoms with Crippen LogP contribution in [0.5, 0.6) is 0 Å². The molecule has 1 aliphatic rings. The third-order valence-corrected chi connectivity index (χ3v) is 2.53. The second-order valence-corrected chi connectivity index (χ2v) is 4.55. The van der Waals surface area contributed by atoms with Crippen molar-refractivity contribution in [3.05, 3.63) is 27.8 Å². The molecule has 1 aliphatic heterocycles. The number of rotatable bonds is 1. The van der Waals surface area contributed by atoms with Crippen LogP contribution in [0.15, 0.2) is 12.1 Å². The third-order valence-electron chi connectivity index (χ3n) is 2.53. The molecule has 18 heavy (non-hydrogen) atoms. The predicted molar refractivity (Wildman–Crippen MR) is 59.4 cm³/mol. The lowest BCUT2D eigenvalue weighted by atomic mass is 10.1. The Morgan fingerprint density at radius 1 is 1.28 bits per heavy atom. The first-order chi connectivity index (χ1) is 8.10. The molecule has 2 rings (SSSR count). The summed E-state index contributed by atoms with van der Waals surface area (Å²) in [5.41, 5.74) is -2.19. The first-order valence-electron chi connectivity index (χ1n) is 5.06. The van der Waals surface area contributed by atoms with Crippen LogP contribution in [0, 0.1) is 10.1 Å². The highest BCUT2D eigenvalue weighted by atomic mass is 19.4. The van der Waals surface area contributed by atoms with E-state index < -0.39 is 28.0 Å². The fraction of sp³-hybridized carbons (Fsp3) is 0.400. The van der Waals surface area contributed by atoms with Crippen LogP contribution in [0.4, 0.5) is 30.2 Å². The van der Waals surface area contributed by atoms with Crippen LogP contribution in [0.1, 0.15) is 19.4 Å². The molecule has 1 aromatic rings. The number of hydrogen-bond donors (Lipinski definition) is 2. The van der Waals surface area contributed by atoms with E-state index >= 15 is 0 Å². The average Bonchev–Trinajstić information content (AvgIpc) is 2.47. The molecule has 5 nitrogen and oxygen atoms in total. The van der Waals surface area contributed by atoms with Gasteiger partial charge < -0.3 is 10.6 Å². The van der Waals surface area contributed by atoms with Crippen LogP contribution in [-0.4, -0.2) is 10.6 Å². The number of nitrogens with one attached hydrogen (secondary N) is 2. The van der Waals surface area contributed by atoms with E-state index in [0.717, 1.165) is 6.07 Å². The van der Waals surface area contributed by atoms with Gasteiger partial charge in [-0.3, -0.25) is 10.1 Å². The smallest absolute Gasteiger partial charge is 0.361 e. The summed E-state index contributed by atoms with van der Waals surface area (Å²) in [6.07, 6.45) is -4.62. The van der Waals surface area contributed by atoms with Crippen molar-refractivity contribution in [2.45, 2.75) is 25.7 Å². The van der Waals surface area contributed by atoms with Gasteiger partial charge in [0.15, 0.2) is 0 Å². The van der Waals surface area contributed by atoms with E-state index in [1.54, 1.807) is 13.8 Å². The summed E-state index contributed by atoms with van der Waals surface area (Å²) in [5, 5.41) is 16.4. The van der Waals surface area contributed by atoms with Crippen LogP contribution in [0.3, 0.4) is 0 Å². The quantitative estimate of drug-likeness (QED) is 0.601. The van der Waals surface area contributed by atoms with Gasteiger partial charge in [0.1, 0.15) is 11.4 Å². The number of alkyl halides is 3. The molecule has 1 heterocycles. The van der Waals surface area contributed by atoms with Gasteiger partial charge in [-0.2, -0.15) is 13.2 Å². The summed E-state index contributed by atoms with van der Waals surface area (Å²) < 4.78 is 37.9. The monoisotopic (exact) mass is 261 g/mol. The molecule has 0 spiro atoms. The highest BCUT2D eigenvalue weighted by Crippen LogP contribution is 2.44. The van der Waals surface area contributed by atoms with Gasteiger partial charge in [-0.1, -0.05) is 0 Å². The molecule has 2 N–H and O–H groups in total. The summed E-state index contributed by atoms with van der Waals surface area (Å²) in [5.74, 6) is 0. The minimum atomic E-state index is -4.62. The fourth-order valence-corrected chi connectivity index (χ4v) is 1.84. The SMILES string of the molecule is CC1(C)Nc2cc(C(F)(F)F)cc([N+](=O)[O-])c2N1. The van der Waals surface area contributed by atoms with Gasteiger partial charge in [0, 0.05) is 6.07 Å². The van der Waals surface area contributed by atoms with Crippen LogP contribution in [0.2, 0.25) is 0 Å². The van der Waals surface area contributed by atoms with Gasteiger partial charge in [0.05, 0.1) is 16.2 Å². The Labute approximate surface area is 100 Å². The van der Waals surface area contributed by atoms with Crippen molar-refractivity contribution >= 4 is 17.1 Å². The maximum absolute atomic E-state index is 12.6. The van der Waals surface area contributed by atoms with Gasteiger partial charge in [-0.15, -0.1) is 0 Å². The van der Waals surface area contributed by atoms with Crippen molar-refractivity contribution in [2.24, 2.45) is 0 Å². The Bertz CT molecular complexity index is 526. The van der Waals surface area contributed by atoms with Gasteiger partial charge in [0.25, 0.3) is 5.69 Å². The molecule has 0 amide bonds. The zero-order chi connectivity index (χ0) is 13.7. The molecule has 0 radical (unpaired) electrons. The maximum atomic E-state index is 12.6. The summed E-state index contributed by atoms with van der Waals surface area (Å²) >= 11 is 0. The standard InChI is InChI=1S/C10H10F3N3O2/c1-9(2)14-6-3-5(10(11,12)13)4-7(16(17)18)8(6)15-9/h3-4,14-15H,1-2H3. The van der Waals surface area contributed by atoms with Crippen molar-refractivity contribution in [3.8, 4) is 0 Å². The minimum Gasteiger partial charge on any atom is -0.361 e. The molecular weight excluding hydrogens is 251 g/mol. The summed E-state index contributed by atoms with van der Waals surface area (Å²) in [6.45, 7) is 3.34. The van der Waals surface area contributed by atoms with Crippen LogP contribution < -0.4 is 10.6 Å². The zero-order valence-electron chi connectivity index (χ0n) is 9.55. The number of fused-ring (bicyclic) bond motifs is 1. The molecular formula is C10H10F3N3O2. The predicted octanol–water partition coefficient (Wildman–Crippen LogP) is 3.19.